The summed E-state index contributed by atoms with van der Waals surface area (Å²) >= 11 is 1.54. The van der Waals surface area contributed by atoms with Gasteiger partial charge in [-0.3, -0.25) is 4.79 Å². The van der Waals surface area contributed by atoms with E-state index in [2.05, 4.69) is 15.4 Å². The number of thiophene rings is 1. The first kappa shape index (κ1) is 19.7. The summed E-state index contributed by atoms with van der Waals surface area (Å²) in [6, 6.07) is 17.0. The van der Waals surface area contributed by atoms with Crippen molar-refractivity contribution in [2.75, 3.05) is 5.32 Å². The first-order chi connectivity index (χ1) is 14.6. The number of aromatic nitrogens is 3. The minimum atomic E-state index is -0.386. The molecule has 0 radical (unpaired) electrons. The van der Waals surface area contributed by atoms with Gasteiger partial charge in [-0.05, 0) is 47.8 Å². The van der Waals surface area contributed by atoms with E-state index in [0.29, 0.717) is 35.0 Å². The molecular formula is C22H17FN4O2S. The fourth-order valence-corrected chi connectivity index (χ4v) is 3.68. The summed E-state index contributed by atoms with van der Waals surface area (Å²) < 4.78 is 15.3. The van der Waals surface area contributed by atoms with Crippen LogP contribution in [0.2, 0.25) is 0 Å². The molecule has 30 heavy (non-hydrogen) atoms. The molecule has 0 saturated carbocycles. The van der Waals surface area contributed by atoms with Crippen molar-refractivity contribution < 1.29 is 14.0 Å². The Bertz CT molecular complexity index is 1170. The van der Waals surface area contributed by atoms with Gasteiger partial charge in [-0.25, -0.2) is 14.1 Å². The maximum absolute atomic E-state index is 13.7. The van der Waals surface area contributed by atoms with E-state index in [4.69, 9.17) is 0 Å². The standard InChI is InChI=1S/C22H17FN4O2S/c23-16-4-1-3-15(13-16)22-25-20(10-11-28)26-27(22)18-8-6-17(7-9-18)24-21(29)14-19-5-2-12-30-19/h1-9,11-13H,10,14H2,(H,24,29). The molecule has 0 spiro atoms. The van der Waals surface area contributed by atoms with Gasteiger partial charge >= 0.3 is 0 Å². The smallest absolute Gasteiger partial charge is 0.229 e. The maximum Gasteiger partial charge on any atom is 0.229 e. The largest absolute Gasteiger partial charge is 0.326 e. The number of rotatable bonds is 7. The average molecular weight is 420 g/mol. The van der Waals surface area contributed by atoms with Crippen molar-refractivity contribution >= 4 is 29.2 Å². The summed E-state index contributed by atoms with van der Waals surface area (Å²) in [5.74, 6) is 0.292. The Morgan fingerprint density at radius 2 is 1.97 bits per heavy atom. The molecule has 2 aromatic carbocycles. The summed E-state index contributed by atoms with van der Waals surface area (Å²) in [6.45, 7) is 0. The second-order valence-electron chi connectivity index (χ2n) is 6.50. The Hall–Kier alpha value is -3.65. The highest BCUT2D eigenvalue weighted by molar-refractivity contribution is 7.10. The molecule has 4 aromatic rings. The number of aldehydes is 1. The summed E-state index contributed by atoms with van der Waals surface area (Å²) in [7, 11) is 0. The first-order valence-corrected chi connectivity index (χ1v) is 10.1. The number of benzene rings is 2. The number of hydrogen-bond donors (Lipinski definition) is 1. The van der Waals surface area contributed by atoms with Crippen LogP contribution in [0.4, 0.5) is 10.1 Å². The lowest BCUT2D eigenvalue weighted by Crippen LogP contribution is -2.13. The summed E-state index contributed by atoms with van der Waals surface area (Å²) in [5.41, 5.74) is 1.88. The molecule has 0 unspecified atom stereocenters. The quantitative estimate of drug-likeness (QED) is 0.458. The van der Waals surface area contributed by atoms with Crippen LogP contribution in [0.5, 0.6) is 0 Å². The van der Waals surface area contributed by atoms with E-state index in [0.717, 1.165) is 11.2 Å². The lowest BCUT2D eigenvalue weighted by Gasteiger charge is -2.08. The van der Waals surface area contributed by atoms with Crippen LogP contribution in [0, 0.1) is 5.82 Å². The van der Waals surface area contributed by atoms with Gasteiger partial charge in [0.05, 0.1) is 18.5 Å². The number of nitrogens with one attached hydrogen (secondary N) is 1. The molecule has 0 saturated heterocycles. The second kappa shape index (κ2) is 8.79. The number of amides is 1. The van der Waals surface area contributed by atoms with Gasteiger partial charge in [0.2, 0.25) is 5.91 Å². The Labute approximate surface area is 176 Å². The van der Waals surface area contributed by atoms with E-state index in [1.807, 2.05) is 17.5 Å². The highest BCUT2D eigenvalue weighted by atomic mass is 32.1. The van der Waals surface area contributed by atoms with Crippen LogP contribution in [0.25, 0.3) is 17.1 Å². The molecule has 0 atom stereocenters. The van der Waals surface area contributed by atoms with Crippen molar-refractivity contribution in [3.8, 4) is 17.1 Å². The van der Waals surface area contributed by atoms with Gasteiger partial charge in [-0.15, -0.1) is 11.3 Å². The molecule has 4 rings (SSSR count). The van der Waals surface area contributed by atoms with Crippen LogP contribution in [0.1, 0.15) is 10.7 Å². The fraction of sp³-hybridized carbons (Fsp3) is 0.0909. The Morgan fingerprint density at radius 3 is 2.67 bits per heavy atom. The molecule has 6 nitrogen and oxygen atoms in total. The highest BCUT2D eigenvalue weighted by Crippen LogP contribution is 2.23. The molecule has 1 amide bonds. The molecule has 0 aliphatic carbocycles. The van der Waals surface area contributed by atoms with Crippen molar-refractivity contribution in [2.24, 2.45) is 0 Å². The lowest BCUT2D eigenvalue weighted by molar-refractivity contribution is -0.115. The van der Waals surface area contributed by atoms with E-state index in [9.17, 15) is 14.0 Å². The zero-order chi connectivity index (χ0) is 20.9. The number of carbonyl (C=O) groups excluding carboxylic acids is 2. The number of nitrogens with zero attached hydrogens (tertiary/aromatic N) is 3. The van der Waals surface area contributed by atoms with Crippen LogP contribution in [-0.2, 0) is 22.4 Å². The van der Waals surface area contributed by atoms with E-state index >= 15 is 0 Å². The second-order valence-corrected chi connectivity index (χ2v) is 7.53. The molecule has 0 aliphatic heterocycles. The average Bonchev–Trinajstić information content (AvgIpc) is 3.39. The van der Waals surface area contributed by atoms with Gasteiger partial charge in [0, 0.05) is 16.1 Å². The van der Waals surface area contributed by atoms with Crippen molar-refractivity contribution in [2.45, 2.75) is 12.8 Å². The van der Waals surface area contributed by atoms with Crippen LogP contribution in [0.15, 0.2) is 66.0 Å². The predicted molar refractivity (Wildman–Crippen MR) is 113 cm³/mol. The van der Waals surface area contributed by atoms with E-state index in [-0.39, 0.29) is 18.1 Å². The minimum Gasteiger partial charge on any atom is -0.326 e. The normalized spacial score (nSPS) is 10.7. The van der Waals surface area contributed by atoms with Crippen molar-refractivity contribution in [3.63, 3.8) is 0 Å². The van der Waals surface area contributed by atoms with Gasteiger partial charge in [-0.1, -0.05) is 18.2 Å². The number of halogens is 1. The van der Waals surface area contributed by atoms with Gasteiger partial charge in [0.1, 0.15) is 12.1 Å². The molecule has 2 heterocycles. The SMILES string of the molecule is O=CCc1nc(-c2cccc(F)c2)n(-c2ccc(NC(=O)Cc3cccs3)cc2)n1. The lowest BCUT2D eigenvalue weighted by atomic mass is 10.2. The van der Waals surface area contributed by atoms with E-state index < -0.39 is 0 Å². The maximum atomic E-state index is 13.7. The molecule has 150 valence electrons. The van der Waals surface area contributed by atoms with Crippen molar-refractivity contribution in [3.05, 3.63) is 82.6 Å². The molecule has 0 bridgehead atoms. The Balaban J connectivity index is 1.59. The molecule has 2 aromatic heterocycles. The van der Waals surface area contributed by atoms with E-state index in [1.54, 1.807) is 41.1 Å². The Morgan fingerprint density at radius 1 is 1.13 bits per heavy atom. The van der Waals surface area contributed by atoms with Crippen LogP contribution >= 0.6 is 11.3 Å². The zero-order valence-electron chi connectivity index (χ0n) is 15.8. The Kier molecular flexibility index (Phi) is 5.76. The number of anilines is 1. The third-order valence-electron chi connectivity index (χ3n) is 4.31. The van der Waals surface area contributed by atoms with Gasteiger partial charge in [0.25, 0.3) is 0 Å². The van der Waals surface area contributed by atoms with E-state index in [1.165, 1.54) is 23.5 Å². The molecule has 8 heteroatoms. The minimum absolute atomic E-state index is 0.0617. The first-order valence-electron chi connectivity index (χ1n) is 9.20. The monoisotopic (exact) mass is 420 g/mol. The molecule has 0 aliphatic rings. The molecule has 0 fully saturated rings. The summed E-state index contributed by atoms with van der Waals surface area (Å²) in [4.78, 5) is 28.5. The van der Waals surface area contributed by atoms with Crippen LogP contribution < -0.4 is 5.32 Å². The number of carbonyl (C=O) groups is 2. The van der Waals surface area contributed by atoms with Gasteiger partial charge in [0.15, 0.2) is 11.6 Å². The summed E-state index contributed by atoms with van der Waals surface area (Å²) in [6.07, 6.45) is 1.11. The third-order valence-corrected chi connectivity index (χ3v) is 5.19. The van der Waals surface area contributed by atoms with Gasteiger partial charge < -0.3 is 10.1 Å². The summed E-state index contributed by atoms with van der Waals surface area (Å²) in [5, 5.41) is 9.18. The predicted octanol–water partition coefficient (Wildman–Crippen LogP) is 4.06. The highest BCUT2D eigenvalue weighted by Gasteiger charge is 2.14. The third kappa shape index (κ3) is 4.49. The topological polar surface area (TPSA) is 76.9 Å². The van der Waals surface area contributed by atoms with Crippen LogP contribution in [-0.4, -0.2) is 27.0 Å². The zero-order valence-corrected chi connectivity index (χ0v) is 16.6. The molecular weight excluding hydrogens is 403 g/mol. The van der Waals surface area contributed by atoms with Crippen molar-refractivity contribution in [1.82, 2.24) is 14.8 Å². The fourth-order valence-electron chi connectivity index (χ4n) is 2.97. The van der Waals surface area contributed by atoms with Gasteiger partial charge in [-0.2, -0.15) is 5.10 Å². The van der Waals surface area contributed by atoms with Crippen LogP contribution in [0.3, 0.4) is 0 Å². The molecule has 1 N–H and O–H groups in total. The number of hydrogen-bond acceptors (Lipinski definition) is 5. The van der Waals surface area contributed by atoms with Crippen molar-refractivity contribution in [1.29, 1.82) is 0 Å².